The van der Waals surface area contributed by atoms with Crippen molar-refractivity contribution in [2.75, 3.05) is 13.1 Å². The third-order valence-electron chi connectivity index (χ3n) is 5.89. The van der Waals surface area contributed by atoms with Gasteiger partial charge >= 0.3 is 0 Å². The molecule has 2 aromatic rings. The van der Waals surface area contributed by atoms with Crippen LogP contribution in [0.1, 0.15) is 97.4 Å². The molecule has 0 aliphatic rings. The standard InChI is InChI=1S/C21H34NP.C9H12.2C2H6/c1-6-7-14-22(16-21-11-9-8-10-18(21)3)15-19(4)17(2)12-13-20(5)23;1-3-9-6-4-5-8(2)7-9;2*1-2/h8-13,19H,6-7,14-16,23H2,1-5H3;4-7H,3H2,1-2H3;2*1-2H3/b17-12-,20-13+;;;. The van der Waals surface area contributed by atoms with Crippen LogP contribution in [-0.2, 0) is 13.0 Å². The van der Waals surface area contributed by atoms with E-state index in [4.69, 9.17) is 0 Å². The molecule has 0 radical (unpaired) electrons. The van der Waals surface area contributed by atoms with Crippen LogP contribution >= 0.6 is 9.24 Å². The van der Waals surface area contributed by atoms with Gasteiger partial charge in [-0.25, -0.2) is 0 Å². The van der Waals surface area contributed by atoms with E-state index in [0.29, 0.717) is 5.92 Å². The van der Waals surface area contributed by atoms with Gasteiger partial charge in [0, 0.05) is 13.1 Å². The number of aryl methyl sites for hydroxylation is 3. The molecule has 2 heteroatoms. The summed E-state index contributed by atoms with van der Waals surface area (Å²) >= 11 is 0. The molecule has 0 fully saturated rings. The van der Waals surface area contributed by atoms with Crippen LogP contribution in [0.25, 0.3) is 0 Å². The lowest BCUT2D eigenvalue weighted by Gasteiger charge is -2.27. The van der Waals surface area contributed by atoms with E-state index in [1.54, 1.807) is 0 Å². The highest BCUT2D eigenvalue weighted by Crippen LogP contribution is 2.17. The van der Waals surface area contributed by atoms with Crippen molar-refractivity contribution in [2.45, 2.75) is 102 Å². The van der Waals surface area contributed by atoms with Crippen molar-refractivity contribution in [2.24, 2.45) is 5.92 Å². The predicted molar refractivity (Wildman–Crippen MR) is 171 cm³/mol. The largest absolute Gasteiger partial charge is 0.298 e. The number of hydrogen-bond acceptors (Lipinski definition) is 1. The Balaban J connectivity index is 0. The van der Waals surface area contributed by atoms with Crippen molar-refractivity contribution >= 4 is 9.24 Å². The molecule has 2 unspecified atom stereocenters. The van der Waals surface area contributed by atoms with Gasteiger partial charge < -0.3 is 0 Å². The first-order valence-corrected chi connectivity index (χ1v) is 14.8. The van der Waals surface area contributed by atoms with Crippen LogP contribution in [0.2, 0.25) is 0 Å². The van der Waals surface area contributed by atoms with Crippen molar-refractivity contribution in [3.05, 3.63) is 93.8 Å². The minimum Gasteiger partial charge on any atom is -0.298 e. The predicted octanol–water partition coefficient (Wildman–Crippen LogP) is 10.6. The first-order chi connectivity index (χ1) is 17.3. The van der Waals surface area contributed by atoms with Crippen molar-refractivity contribution in [3.63, 3.8) is 0 Å². The summed E-state index contributed by atoms with van der Waals surface area (Å²) in [6.07, 6.45) is 8.11. The van der Waals surface area contributed by atoms with Crippen molar-refractivity contribution in [1.82, 2.24) is 4.90 Å². The van der Waals surface area contributed by atoms with Crippen LogP contribution in [0.3, 0.4) is 0 Å². The lowest BCUT2D eigenvalue weighted by Crippen LogP contribution is -2.30. The Morgan fingerprint density at radius 2 is 1.56 bits per heavy atom. The van der Waals surface area contributed by atoms with Crippen molar-refractivity contribution in [1.29, 1.82) is 0 Å². The van der Waals surface area contributed by atoms with E-state index in [1.807, 2.05) is 27.7 Å². The molecule has 0 aliphatic heterocycles. The molecule has 204 valence electrons. The number of hydrogen-bond donors (Lipinski definition) is 0. The normalized spacial score (nSPS) is 11.9. The maximum absolute atomic E-state index is 2.75. The quantitative estimate of drug-likeness (QED) is 0.226. The van der Waals surface area contributed by atoms with E-state index in [9.17, 15) is 0 Å². The SMILES string of the molecule is CC.CC.CCCCN(Cc1ccccc1C)CC(C)/C(C)=C\C=C(/C)P.CCc1cccc(C)c1. The molecule has 0 bridgehead atoms. The average molecular weight is 512 g/mol. The Morgan fingerprint density at radius 1 is 0.917 bits per heavy atom. The summed E-state index contributed by atoms with van der Waals surface area (Å²) in [5, 5.41) is 1.28. The van der Waals surface area contributed by atoms with Gasteiger partial charge in [-0.3, -0.25) is 4.90 Å². The fourth-order valence-electron chi connectivity index (χ4n) is 3.54. The maximum atomic E-state index is 2.75. The second-order valence-corrected chi connectivity index (χ2v) is 9.99. The Labute approximate surface area is 228 Å². The van der Waals surface area contributed by atoms with E-state index >= 15 is 0 Å². The lowest BCUT2D eigenvalue weighted by atomic mass is 10.0. The van der Waals surface area contributed by atoms with Gasteiger partial charge in [0.25, 0.3) is 0 Å². The van der Waals surface area contributed by atoms with E-state index < -0.39 is 0 Å². The molecule has 0 saturated carbocycles. The van der Waals surface area contributed by atoms with Crippen LogP contribution in [0.4, 0.5) is 0 Å². The molecule has 0 N–H and O–H groups in total. The average Bonchev–Trinajstić information content (AvgIpc) is 2.89. The van der Waals surface area contributed by atoms with E-state index in [2.05, 4.69) is 123 Å². The Morgan fingerprint density at radius 3 is 2.06 bits per heavy atom. The van der Waals surface area contributed by atoms with Gasteiger partial charge in [-0.15, -0.1) is 9.24 Å². The summed E-state index contributed by atoms with van der Waals surface area (Å²) in [6, 6.07) is 17.4. The molecule has 36 heavy (non-hydrogen) atoms. The Kier molecular flexibility index (Phi) is 24.0. The van der Waals surface area contributed by atoms with Crippen LogP contribution in [0.5, 0.6) is 0 Å². The molecule has 0 amide bonds. The number of allylic oxidation sites excluding steroid dienone is 3. The summed E-state index contributed by atoms with van der Waals surface area (Å²) in [7, 11) is 2.75. The first-order valence-electron chi connectivity index (χ1n) is 14.2. The summed E-state index contributed by atoms with van der Waals surface area (Å²) in [5.74, 6) is 0.580. The molecular formula is C34H58NP. The molecule has 1 nitrogen and oxygen atoms in total. The number of rotatable bonds is 10. The van der Waals surface area contributed by atoms with Gasteiger partial charge in [0.1, 0.15) is 0 Å². The Hall–Kier alpha value is -1.69. The lowest BCUT2D eigenvalue weighted by molar-refractivity contribution is 0.237. The van der Waals surface area contributed by atoms with E-state index in [1.165, 1.54) is 52.5 Å². The second kappa shape index (κ2) is 23.7. The van der Waals surface area contributed by atoms with E-state index in [-0.39, 0.29) is 0 Å². The van der Waals surface area contributed by atoms with Gasteiger partial charge in [0.15, 0.2) is 0 Å². The van der Waals surface area contributed by atoms with Crippen molar-refractivity contribution < 1.29 is 0 Å². The van der Waals surface area contributed by atoms with Gasteiger partial charge in [0.05, 0.1) is 0 Å². The molecule has 0 spiro atoms. The van der Waals surface area contributed by atoms with E-state index in [0.717, 1.165) is 19.5 Å². The van der Waals surface area contributed by atoms with Crippen LogP contribution in [0, 0.1) is 19.8 Å². The molecule has 0 heterocycles. The number of unbranched alkanes of at least 4 members (excludes halogenated alkanes) is 1. The van der Waals surface area contributed by atoms with Crippen molar-refractivity contribution in [3.8, 4) is 0 Å². The fourth-order valence-corrected chi connectivity index (χ4v) is 3.63. The highest BCUT2D eigenvalue weighted by atomic mass is 31.0. The maximum Gasteiger partial charge on any atom is 0.0236 e. The zero-order chi connectivity index (χ0) is 27.9. The third kappa shape index (κ3) is 17.7. The summed E-state index contributed by atoms with van der Waals surface area (Å²) in [5.41, 5.74) is 7.09. The second-order valence-electron chi connectivity index (χ2n) is 9.08. The molecule has 2 aromatic carbocycles. The molecule has 0 aliphatic carbocycles. The zero-order valence-electron chi connectivity index (χ0n) is 25.6. The third-order valence-corrected chi connectivity index (χ3v) is 6.08. The molecule has 0 saturated heterocycles. The minimum atomic E-state index is 0.580. The smallest absolute Gasteiger partial charge is 0.0236 e. The summed E-state index contributed by atoms with van der Waals surface area (Å²) in [4.78, 5) is 2.62. The number of benzene rings is 2. The molecule has 0 aromatic heterocycles. The topological polar surface area (TPSA) is 3.24 Å². The minimum absolute atomic E-state index is 0.580. The first kappa shape index (κ1) is 36.5. The highest BCUT2D eigenvalue weighted by molar-refractivity contribution is 7.22. The van der Waals surface area contributed by atoms with Gasteiger partial charge in [-0.2, -0.15) is 0 Å². The zero-order valence-corrected chi connectivity index (χ0v) is 26.8. The molecule has 2 rings (SSSR count). The molecule has 2 atom stereocenters. The van der Waals surface area contributed by atoms with Gasteiger partial charge in [-0.1, -0.05) is 132 Å². The van der Waals surface area contributed by atoms with Gasteiger partial charge in [-0.05, 0) is 69.7 Å². The summed E-state index contributed by atoms with van der Waals surface area (Å²) < 4.78 is 0. The highest BCUT2D eigenvalue weighted by Gasteiger charge is 2.12. The monoisotopic (exact) mass is 511 g/mol. The number of nitrogens with zero attached hydrogens (tertiary/aromatic N) is 1. The summed E-state index contributed by atoms with van der Waals surface area (Å²) in [6.45, 7) is 26.9. The van der Waals surface area contributed by atoms with Crippen LogP contribution < -0.4 is 0 Å². The Bertz CT molecular complexity index is 846. The van der Waals surface area contributed by atoms with Crippen LogP contribution in [-0.4, -0.2) is 18.0 Å². The van der Waals surface area contributed by atoms with Gasteiger partial charge in [0.2, 0.25) is 0 Å². The molecular weight excluding hydrogens is 453 g/mol. The fraction of sp³-hybridized carbons (Fsp3) is 0.529. The van der Waals surface area contributed by atoms with Crippen LogP contribution in [0.15, 0.2) is 71.6 Å².